The highest BCUT2D eigenvalue weighted by Gasteiger charge is 2.27. The molecule has 0 aliphatic carbocycles. The molecule has 1 unspecified atom stereocenters. The molecular formula is C19H21F2N3O2. The fourth-order valence-electron chi connectivity index (χ4n) is 3.15. The molecule has 0 radical (unpaired) electrons. The van der Waals surface area contributed by atoms with Crippen LogP contribution in [-0.4, -0.2) is 44.1 Å². The molecule has 1 atom stereocenters. The van der Waals surface area contributed by atoms with Gasteiger partial charge in [-0.25, -0.2) is 8.78 Å². The summed E-state index contributed by atoms with van der Waals surface area (Å²) in [6, 6.07) is 10.7. The Balaban J connectivity index is 1.73. The van der Waals surface area contributed by atoms with Gasteiger partial charge in [0, 0.05) is 31.3 Å². The molecule has 138 valence electrons. The van der Waals surface area contributed by atoms with Gasteiger partial charge >= 0.3 is 0 Å². The molecule has 1 heterocycles. The molecule has 0 saturated carbocycles. The molecule has 2 aromatic rings. The van der Waals surface area contributed by atoms with E-state index in [1.807, 2.05) is 29.2 Å². The van der Waals surface area contributed by atoms with E-state index in [9.17, 15) is 13.6 Å². The van der Waals surface area contributed by atoms with Crippen LogP contribution in [0.2, 0.25) is 0 Å². The minimum atomic E-state index is -0.792. The van der Waals surface area contributed by atoms with E-state index in [0.717, 1.165) is 30.0 Å². The van der Waals surface area contributed by atoms with Gasteiger partial charge in [-0.2, -0.15) is 0 Å². The van der Waals surface area contributed by atoms with Crippen LogP contribution in [0, 0.1) is 11.6 Å². The lowest BCUT2D eigenvalue weighted by atomic mass is 10.0. The van der Waals surface area contributed by atoms with Gasteiger partial charge in [0.15, 0.2) is 0 Å². The third-order valence-electron chi connectivity index (χ3n) is 4.40. The van der Waals surface area contributed by atoms with E-state index in [2.05, 4.69) is 10.6 Å². The van der Waals surface area contributed by atoms with Gasteiger partial charge in [0.1, 0.15) is 17.4 Å². The summed E-state index contributed by atoms with van der Waals surface area (Å²) in [5.41, 5.74) is 0.961. The molecule has 26 heavy (non-hydrogen) atoms. The molecule has 1 fully saturated rings. The molecule has 5 nitrogen and oxygen atoms in total. The van der Waals surface area contributed by atoms with Gasteiger partial charge in [0.25, 0.3) is 0 Å². The van der Waals surface area contributed by atoms with E-state index in [1.165, 1.54) is 6.07 Å². The fraction of sp³-hybridized carbons (Fsp3) is 0.316. The number of carbonyl (C=O) groups is 1. The third kappa shape index (κ3) is 4.17. The minimum Gasteiger partial charge on any atom is -0.496 e. The first-order valence-corrected chi connectivity index (χ1v) is 8.41. The number of piperazine rings is 1. The molecule has 3 rings (SSSR count). The highest BCUT2D eigenvalue weighted by molar-refractivity contribution is 5.92. The fourth-order valence-corrected chi connectivity index (χ4v) is 3.15. The summed E-state index contributed by atoms with van der Waals surface area (Å²) < 4.78 is 32.2. The van der Waals surface area contributed by atoms with Crippen molar-refractivity contribution in [1.29, 1.82) is 0 Å². The zero-order valence-electron chi connectivity index (χ0n) is 14.5. The number of hydrogen-bond donors (Lipinski definition) is 2. The molecule has 1 amide bonds. The lowest BCUT2D eigenvalue weighted by Crippen LogP contribution is -2.48. The number of nitrogens with one attached hydrogen (secondary N) is 2. The molecule has 2 N–H and O–H groups in total. The number of ether oxygens (including phenoxy) is 1. The number of rotatable bonds is 5. The number of halogens is 2. The Hall–Kier alpha value is -2.51. The molecule has 1 aliphatic heterocycles. The molecule has 0 aromatic heterocycles. The van der Waals surface area contributed by atoms with Crippen LogP contribution < -0.4 is 15.4 Å². The summed E-state index contributed by atoms with van der Waals surface area (Å²) in [7, 11) is 1.61. The lowest BCUT2D eigenvalue weighted by Gasteiger charge is -2.36. The van der Waals surface area contributed by atoms with E-state index >= 15 is 0 Å². The number of carbonyl (C=O) groups excluding carboxylic acids is 1. The summed E-state index contributed by atoms with van der Waals surface area (Å²) in [5, 5.41) is 5.83. The predicted molar refractivity (Wildman–Crippen MR) is 95.2 cm³/mol. The first-order valence-electron chi connectivity index (χ1n) is 8.41. The molecule has 2 aromatic carbocycles. The predicted octanol–water partition coefficient (Wildman–Crippen LogP) is 2.56. The Bertz CT molecular complexity index is 785. The molecule has 0 spiro atoms. The van der Waals surface area contributed by atoms with E-state index in [1.54, 1.807) is 7.11 Å². The van der Waals surface area contributed by atoms with Crippen LogP contribution in [0.1, 0.15) is 11.6 Å². The van der Waals surface area contributed by atoms with Gasteiger partial charge in [0.05, 0.1) is 25.4 Å². The average molecular weight is 361 g/mol. The number of amides is 1. The second kappa shape index (κ2) is 8.25. The normalized spacial score (nSPS) is 17.7. The van der Waals surface area contributed by atoms with Crippen molar-refractivity contribution in [2.45, 2.75) is 6.04 Å². The van der Waals surface area contributed by atoms with E-state index < -0.39 is 11.6 Å². The van der Waals surface area contributed by atoms with Crippen LogP contribution >= 0.6 is 0 Å². The van der Waals surface area contributed by atoms with Crippen LogP contribution in [0.15, 0.2) is 42.5 Å². The van der Waals surface area contributed by atoms with Crippen molar-refractivity contribution >= 4 is 11.6 Å². The minimum absolute atomic E-state index is 0.0274. The molecular weight excluding hydrogens is 340 g/mol. The van der Waals surface area contributed by atoms with Crippen LogP contribution in [0.5, 0.6) is 5.75 Å². The molecule has 1 saturated heterocycles. The Labute approximate surface area is 151 Å². The molecule has 0 bridgehead atoms. The Morgan fingerprint density at radius 1 is 1.31 bits per heavy atom. The molecule has 1 aliphatic rings. The number of para-hydroxylation sites is 1. The van der Waals surface area contributed by atoms with Crippen molar-refractivity contribution in [3.05, 3.63) is 59.7 Å². The maximum atomic E-state index is 13.7. The Kier molecular flexibility index (Phi) is 5.80. The van der Waals surface area contributed by atoms with Crippen LogP contribution in [0.4, 0.5) is 14.5 Å². The first kappa shape index (κ1) is 18.3. The van der Waals surface area contributed by atoms with Crippen molar-refractivity contribution in [3.63, 3.8) is 0 Å². The number of methoxy groups -OCH3 is 1. The van der Waals surface area contributed by atoms with Gasteiger partial charge < -0.3 is 15.4 Å². The average Bonchev–Trinajstić information content (AvgIpc) is 2.64. The Morgan fingerprint density at radius 2 is 2.12 bits per heavy atom. The van der Waals surface area contributed by atoms with E-state index in [4.69, 9.17) is 4.74 Å². The van der Waals surface area contributed by atoms with Gasteiger partial charge in [-0.15, -0.1) is 0 Å². The second-order valence-corrected chi connectivity index (χ2v) is 6.10. The number of benzene rings is 2. The topological polar surface area (TPSA) is 53.6 Å². The zero-order valence-corrected chi connectivity index (χ0v) is 14.5. The largest absolute Gasteiger partial charge is 0.496 e. The number of hydrogen-bond acceptors (Lipinski definition) is 4. The summed E-state index contributed by atoms with van der Waals surface area (Å²) in [6.45, 7) is 2.20. The van der Waals surface area contributed by atoms with Crippen molar-refractivity contribution in [1.82, 2.24) is 10.2 Å². The van der Waals surface area contributed by atoms with E-state index in [0.29, 0.717) is 13.1 Å². The smallest absolute Gasteiger partial charge is 0.238 e. The number of nitrogens with zero attached hydrogens (tertiary/aromatic N) is 1. The van der Waals surface area contributed by atoms with Crippen LogP contribution in [-0.2, 0) is 4.79 Å². The Morgan fingerprint density at radius 3 is 2.88 bits per heavy atom. The summed E-state index contributed by atoms with van der Waals surface area (Å²) >= 11 is 0. The second-order valence-electron chi connectivity index (χ2n) is 6.10. The maximum absolute atomic E-state index is 13.7. The van der Waals surface area contributed by atoms with Crippen LogP contribution in [0.25, 0.3) is 0 Å². The quantitative estimate of drug-likeness (QED) is 0.860. The van der Waals surface area contributed by atoms with Gasteiger partial charge in [-0.3, -0.25) is 9.69 Å². The number of anilines is 1. The monoisotopic (exact) mass is 361 g/mol. The summed E-state index contributed by atoms with van der Waals surface area (Å²) in [5.74, 6) is -1.06. The highest BCUT2D eigenvalue weighted by atomic mass is 19.1. The van der Waals surface area contributed by atoms with Crippen molar-refractivity contribution in [2.75, 3.05) is 38.6 Å². The summed E-state index contributed by atoms with van der Waals surface area (Å²) in [4.78, 5) is 14.4. The van der Waals surface area contributed by atoms with E-state index in [-0.39, 0.29) is 24.2 Å². The SMILES string of the molecule is COc1ccccc1C1CNCCN1CC(=O)Nc1ccc(F)cc1F. The standard InChI is InChI=1S/C19H21F2N3O2/c1-26-18-5-3-2-4-14(18)17-11-22-8-9-24(17)12-19(25)23-16-7-6-13(20)10-15(16)21/h2-7,10,17,22H,8-9,11-12H2,1H3,(H,23,25). The van der Waals surface area contributed by atoms with Crippen molar-refractivity contribution < 1.29 is 18.3 Å². The third-order valence-corrected chi connectivity index (χ3v) is 4.40. The van der Waals surface area contributed by atoms with Crippen LogP contribution in [0.3, 0.4) is 0 Å². The van der Waals surface area contributed by atoms with Gasteiger partial charge in [-0.05, 0) is 18.2 Å². The highest BCUT2D eigenvalue weighted by Crippen LogP contribution is 2.30. The zero-order chi connectivity index (χ0) is 18.5. The van der Waals surface area contributed by atoms with Gasteiger partial charge in [-0.1, -0.05) is 18.2 Å². The summed E-state index contributed by atoms with van der Waals surface area (Å²) in [6.07, 6.45) is 0. The molecule has 7 heteroatoms. The van der Waals surface area contributed by atoms with Gasteiger partial charge in [0.2, 0.25) is 5.91 Å². The van der Waals surface area contributed by atoms with Crippen molar-refractivity contribution in [3.8, 4) is 5.75 Å². The lowest BCUT2D eigenvalue weighted by molar-refractivity contribution is -0.118. The van der Waals surface area contributed by atoms with Crippen molar-refractivity contribution in [2.24, 2.45) is 0 Å². The maximum Gasteiger partial charge on any atom is 0.238 e. The first-order chi connectivity index (χ1) is 12.6.